The summed E-state index contributed by atoms with van der Waals surface area (Å²) in [4.78, 5) is 0.162. The van der Waals surface area contributed by atoms with Gasteiger partial charge in [-0.25, -0.2) is 13.1 Å². The molecule has 0 fully saturated rings. The van der Waals surface area contributed by atoms with Crippen molar-refractivity contribution in [1.82, 2.24) is 10.0 Å². The average molecular weight is 335 g/mol. The van der Waals surface area contributed by atoms with Crippen molar-refractivity contribution in [2.24, 2.45) is 0 Å². The fourth-order valence-electron chi connectivity index (χ4n) is 1.63. The molecule has 5 nitrogen and oxygen atoms in total. The van der Waals surface area contributed by atoms with Gasteiger partial charge in [-0.3, -0.25) is 0 Å². The van der Waals surface area contributed by atoms with Crippen molar-refractivity contribution in [3.63, 3.8) is 0 Å². The van der Waals surface area contributed by atoms with Gasteiger partial charge in [-0.05, 0) is 37.6 Å². The number of hydrogen-bond acceptors (Lipinski definition) is 4. The molecule has 0 amide bonds. The molecule has 0 aliphatic rings. The number of nitrogens with one attached hydrogen (secondary N) is 2. The highest BCUT2D eigenvalue weighted by molar-refractivity contribution is 7.89. The fourth-order valence-corrected chi connectivity index (χ4v) is 3.09. The minimum atomic E-state index is -3.56. The van der Waals surface area contributed by atoms with Crippen molar-refractivity contribution in [3.8, 4) is 0 Å². The summed E-state index contributed by atoms with van der Waals surface area (Å²) in [5, 5.41) is 3.68. The van der Waals surface area contributed by atoms with Crippen LogP contribution in [0.3, 0.4) is 0 Å². The van der Waals surface area contributed by atoms with E-state index in [2.05, 4.69) is 17.0 Å². The minimum Gasteiger partial charge on any atom is -0.380 e. The van der Waals surface area contributed by atoms with Crippen molar-refractivity contribution >= 4 is 21.6 Å². The number of halogens is 1. The molecular weight excluding hydrogens is 312 g/mol. The van der Waals surface area contributed by atoms with Gasteiger partial charge in [0.2, 0.25) is 10.0 Å². The molecule has 1 unspecified atom stereocenters. The van der Waals surface area contributed by atoms with Gasteiger partial charge in [0.1, 0.15) is 0 Å². The van der Waals surface area contributed by atoms with E-state index in [0.29, 0.717) is 11.6 Å². The monoisotopic (exact) mass is 334 g/mol. The van der Waals surface area contributed by atoms with Crippen LogP contribution in [0.5, 0.6) is 0 Å². The molecule has 120 valence electrons. The summed E-state index contributed by atoms with van der Waals surface area (Å²) < 4.78 is 31.8. The van der Waals surface area contributed by atoms with E-state index in [1.807, 2.05) is 0 Å². The number of benzene rings is 1. The first-order chi connectivity index (χ1) is 9.90. The maximum absolute atomic E-state index is 12.1. The lowest BCUT2D eigenvalue weighted by Gasteiger charge is -2.12. The van der Waals surface area contributed by atoms with Crippen molar-refractivity contribution < 1.29 is 13.2 Å². The normalized spacial score (nSPS) is 13.3. The van der Waals surface area contributed by atoms with Crippen LogP contribution >= 0.6 is 11.6 Å². The number of ether oxygens (including phenoxy) is 1. The zero-order valence-corrected chi connectivity index (χ0v) is 14.2. The first-order valence-corrected chi connectivity index (χ1v) is 8.78. The third kappa shape index (κ3) is 5.92. The van der Waals surface area contributed by atoms with E-state index in [0.717, 1.165) is 18.5 Å². The first kappa shape index (κ1) is 18.4. The lowest BCUT2D eigenvalue weighted by Crippen LogP contribution is -2.31. The van der Waals surface area contributed by atoms with Gasteiger partial charge in [0, 0.05) is 25.2 Å². The van der Waals surface area contributed by atoms with Crippen LogP contribution < -0.4 is 10.0 Å². The van der Waals surface area contributed by atoms with Crippen LogP contribution in [0, 0.1) is 0 Å². The number of methoxy groups -OCH3 is 1. The van der Waals surface area contributed by atoms with Gasteiger partial charge in [0.05, 0.1) is 11.0 Å². The highest BCUT2D eigenvalue weighted by atomic mass is 35.5. The lowest BCUT2D eigenvalue weighted by molar-refractivity contribution is 0.122. The van der Waals surface area contributed by atoms with E-state index in [-0.39, 0.29) is 17.5 Å². The Bertz CT molecular complexity index is 549. The van der Waals surface area contributed by atoms with Crippen LogP contribution in [0.1, 0.15) is 25.8 Å². The van der Waals surface area contributed by atoms with Gasteiger partial charge >= 0.3 is 0 Å². The minimum absolute atomic E-state index is 0.162. The molecule has 0 saturated carbocycles. The van der Waals surface area contributed by atoms with E-state index in [4.69, 9.17) is 16.3 Å². The van der Waals surface area contributed by atoms with Gasteiger partial charge < -0.3 is 10.1 Å². The predicted molar refractivity (Wildman–Crippen MR) is 85.1 cm³/mol. The van der Waals surface area contributed by atoms with E-state index >= 15 is 0 Å². The zero-order chi connectivity index (χ0) is 15.9. The van der Waals surface area contributed by atoms with Gasteiger partial charge in [0.25, 0.3) is 0 Å². The Balaban J connectivity index is 2.77. The van der Waals surface area contributed by atoms with Crippen molar-refractivity contribution in [1.29, 1.82) is 0 Å². The van der Waals surface area contributed by atoms with Gasteiger partial charge in [0.15, 0.2) is 0 Å². The molecule has 1 aromatic carbocycles. The molecule has 0 aromatic heterocycles. The van der Waals surface area contributed by atoms with E-state index in [9.17, 15) is 8.42 Å². The molecule has 0 bridgehead atoms. The molecule has 1 atom stereocenters. The molecular formula is C14H23ClN2O3S. The van der Waals surface area contributed by atoms with Crippen LogP contribution in [0.15, 0.2) is 23.1 Å². The molecule has 1 rings (SSSR count). The Morgan fingerprint density at radius 2 is 2.10 bits per heavy atom. The van der Waals surface area contributed by atoms with Gasteiger partial charge in [-0.15, -0.1) is 0 Å². The maximum atomic E-state index is 12.1. The van der Waals surface area contributed by atoms with Gasteiger partial charge in [-0.1, -0.05) is 24.6 Å². The lowest BCUT2D eigenvalue weighted by atomic mass is 10.2. The summed E-state index contributed by atoms with van der Waals surface area (Å²) >= 11 is 6.15. The molecule has 0 aliphatic heterocycles. The second kappa shape index (κ2) is 8.70. The predicted octanol–water partition coefficient (Wildman–Crippen LogP) is 2.15. The highest BCUT2D eigenvalue weighted by Gasteiger charge is 2.16. The van der Waals surface area contributed by atoms with Crippen molar-refractivity contribution in [2.75, 3.05) is 20.2 Å². The highest BCUT2D eigenvalue weighted by Crippen LogP contribution is 2.20. The number of rotatable bonds is 9. The first-order valence-electron chi connectivity index (χ1n) is 6.92. The number of sulfonamides is 1. The third-order valence-electron chi connectivity index (χ3n) is 3.04. The molecule has 0 aliphatic carbocycles. The van der Waals surface area contributed by atoms with Crippen LogP contribution in [-0.4, -0.2) is 34.7 Å². The Hall–Kier alpha value is -0.660. The smallest absolute Gasteiger partial charge is 0.240 e. The molecule has 1 aromatic rings. The summed E-state index contributed by atoms with van der Waals surface area (Å²) in [5.74, 6) is 0. The van der Waals surface area contributed by atoms with E-state index in [1.165, 1.54) is 13.2 Å². The molecule has 0 spiro atoms. The molecule has 0 saturated heterocycles. The van der Waals surface area contributed by atoms with Crippen LogP contribution in [0.2, 0.25) is 5.02 Å². The summed E-state index contributed by atoms with van der Waals surface area (Å²) in [5.41, 5.74) is 0.884. The van der Waals surface area contributed by atoms with Crippen LogP contribution in [-0.2, 0) is 21.3 Å². The molecule has 7 heteroatoms. The van der Waals surface area contributed by atoms with Crippen molar-refractivity contribution in [2.45, 2.75) is 37.8 Å². The summed E-state index contributed by atoms with van der Waals surface area (Å²) in [6, 6.07) is 4.78. The summed E-state index contributed by atoms with van der Waals surface area (Å²) in [6.45, 7) is 5.61. The standard InChI is InChI=1S/C14H23ClN2O3S/c1-4-7-16-10-12-5-6-13(8-14(12)15)21(18,19)17-9-11(2)20-3/h5-6,8,11,16-17H,4,7,9-10H2,1-3H3. The molecule has 0 radical (unpaired) electrons. The third-order valence-corrected chi connectivity index (χ3v) is 4.81. The average Bonchev–Trinajstić information content (AvgIpc) is 2.46. The summed E-state index contributed by atoms with van der Waals surface area (Å²) in [6.07, 6.45) is 0.846. The largest absolute Gasteiger partial charge is 0.380 e. The zero-order valence-electron chi connectivity index (χ0n) is 12.6. The van der Waals surface area contributed by atoms with Crippen molar-refractivity contribution in [3.05, 3.63) is 28.8 Å². The Kier molecular flexibility index (Phi) is 7.62. The van der Waals surface area contributed by atoms with Crippen LogP contribution in [0.4, 0.5) is 0 Å². The SMILES string of the molecule is CCCNCc1ccc(S(=O)(=O)NCC(C)OC)cc1Cl. The van der Waals surface area contributed by atoms with E-state index < -0.39 is 10.0 Å². The Labute approximate surface area is 132 Å². The summed E-state index contributed by atoms with van der Waals surface area (Å²) in [7, 11) is -2.03. The van der Waals surface area contributed by atoms with Gasteiger partial charge in [-0.2, -0.15) is 0 Å². The second-order valence-electron chi connectivity index (χ2n) is 4.83. The molecule has 0 heterocycles. The fraction of sp³-hybridized carbons (Fsp3) is 0.571. The molecule has 2 N–H and O–H groups in total. The molecule has 21 heavy (non-hydrogen) atoms. The Morgan fingerprint density at radius 1 is 1.38 bits per heavy atom. The van der Waals surface area contributed by atoms with Crippen LogP contribution in [0.25, 0.3) is 0 Å². The second-order valence-corrected chi connectivity index (χ2v) is 7.00. The maximum Gasteiger partial charge on any atom is 0.240 e. The Morgan fingerprint density at radius 3 is 2.67 bits per heavy atom. The van der Waals surface area contributed by atoms with E-state index in [1.54, 1.807) is 19.1 Å². The number of hydrogen-bond donors (Lipinski definition) is 2. The topological polar surface area (TPSA) is 67.4 Å². The quantitative estimate of drug-likeness (QED) is 0.679.